The Kier molecular flexibility index (Phi) is 4.73. The molecule has 0 heterocycles. The van der Waals surface area contributed by atoms with Crippen LogP contribution >= 0.6 is 27.7 Å². The van der Waals surface area contributed by atoms with Crippen molar-refractivity contribution in [1.82, 2.24) is 0 Å². The molecule has 1 aliphatic rings. The van der Waals surface area contributed by atoms with E-state index in [4.69, 9.17) is 0 Å². The Balaban J connectivity index is 2.15. The van der Waals surface area contributed by atoms with Crippen LogP contribution in [0.5, 0.6) is 0 Å². The lowest BCUT2D eigenvalue weighted by Crippen LogP contribution is -2.15. The molecule has 1 fully saturated rings. The maximum atomic E-state index is 11.2. The van der Waals surface area contributed by atoms with Crippen molar-refractivity contribution in [3.8, 4) is 0 Å². The zero-order valence-corrected chi connectivity index (χ0v) is 12.8. The lowest BCUT2D eigenvalue weighted by atomic mass is 9.91. The molecule has 1 N–H and O–H groups in total. The minimum atomic E-state index is -0.845. The van der Waals surface area contributed by atoms with Crippen molar-refractivity contribution in [3.05, 3.63) is 28.2 Å². The Morgan fingerprint density at radius 1 is 1.44 bits per heavy atom. The number of rotatable bonds is 3. The SMILES string of the molecule is CC1CCCC(Sc2ccc(Br)cc2C(=O)O)C1. The van der Waals surface area contributed by atoms with Crippen LogP contribution in [0.3, 0.4) is 0 Å². The number of halogens is 1. The average molecular weight is 329 g/mol. The van der Waals surface area contributed by atoms with Gasteiger partial charge in [0.2, 0.25) is 0 Å². The lowest BCUT2D eigenvalue weighted by Gasteiger charge is -2.26. The molecule has 0 aliphatic heterocycles. The zero-order chi connectivity index (χ0) is 13.1. The first-order chi connectivity index (χ1) is 8.56. The maximum absolute atomic E-state index is 11.2. The van der Waals surface area contributed by atoms with Gasteiger partial charge in [-0.1, -0.05) is 35.7 Å². The summed E-state index contributed by atoms with van der Waals surface area (Å²) in [6.45, 7) is 2.28. The van der Waals surface area contributed by atoms with Crippen LogP contribution in [0.4, 0.5) is 0 Å². The summed E-state index contributed by atoms with van der Waals surface area (Å²) in [5.74, 6) is -0.0809. The van der Waals surface area contributed by atoms with Crippen molar-refractivity contribution in [3.63, 3.8) is 0 Å². The molecule has 2 nitrogen and oxygen atoms in total. The van der Waals surface area contributed by atoms with E-state index >= 15 is 0 Å². The van der Waals surface area contributed by atoms with E-state index in [1.54, 1.807) is 17.8 Å². The molecule has 2 atom stereocenters. The number of hydrogen-bond acceptors (Lipinski definition) is 2. The number of carboxylic acids is 1. The van der Waals surface area contributed by atoms with Gasteiger partial charge in [0.25, 0.3) is 0 Å². The van der Waals surface area contributed by atoms with Crippen LogP contribution in [0.15, 0.2) is 27.6 Å². The Morgan fingerprint density at radius 3 is 2.89 bits per heavy atom. The highest BCUT2D eigenvalue weighted by Gasteiger charge is 2.22. The number of benzene rings is 1. The van der Waals surface area contributed by atoms with Crippen LogP contribution in [0.25, 0.3) is 0 Å². The molecule has 2 rings (SSSR count). The number of thioether (sulfide) groups is 1. The van der Waals surface area contributed by atoms with Gasteiger partial charge in [0.05, 0.1) is 5.56 Å². The lowest BCUT2D eigenvalue weighted by molar-refractivity contribution is 0.0693. The third-order valence-corrected chi connectivity index (χ3v) is 5.22. The molecule has 0 aromatic heterocycles. The van der Waals surface area contributed by atoms with Crippen molar-refractivity contribution in [2.24, 2.45) is 5.92 Å². The van der Waals surface area contributed by atoms with Gasteiger partial charge in [-0.2, -0.15) is 0 Å². The summed E-state index contributed by atoms with van der Waals surface area (Å²) < 4.78 is 0.821. The molecule has 1 aliphatic carbocycles. The highest BCUT2D eigenvalue weighted by atomic mass is 79.9. The first kappa shape index (κ1) is 13.9. The molecule has 98 valence electrons. The van der Waals surface area contributed by atoms with Gasteiger partial charge in [-0.25, -0.2) is 4.79 Å². The minimum absolute atomic E-state index is 0.410. The van der Waals surface area contributed by atoms with Crippen molar-refractivity contribution >= 4 is 33.7 Å². The van der Waals surface area contributed by atoms with Gasteiger partial charge in [-0.15, -0.1) is 11.8 Å². The maximum Gasteiger partial charge on any atom is 0.336 e. The quantitative estimate of drug-likeness (QED) is 0.864. The standard InChI is InChI=1S/C14H17BrO2S/c1-9-3-2-4-11(7-9)18-13-6-5-10(15)8-12(13)14(16)17/h5-6,8-9,11H,2-4,7H2,1H3,(H,16,17). The summed E-state index contributed by atoms with van der Waals surface area (Å²) in [4.78, 5) is 12.1. The second-order valence-electron chi connectivity index (χ2n) is 4.96. The molecule has 4 heteroatoms. The van der Waals surface area contributed by atoms with Gasteiger partial charge in [-0.05, 0) is 37.0 Å². The predicted octanol–water partition coefficient (Wildman–Crippen LogP) is 4.82. The van der Waals surface area contributed by atoms with E-state index in [1.165, 1.54) is 25.7 Å². The van der Waals surface area contributed by atoms with Gasteiger partial charge < -0.3 is 5.11 Å². The molecule has 0 bridgehead atoms. The van der Waals surface area contributed by atoms with E-state index in [1.807, 2.05) is 12.1 Å². The van der Waals surface area contributed by atoms with Gasteiger partial charge in [0.15, 0.2) is 0 Å². The topological polar surface area (TPSA) is 37.3 Å². The molecule has 1 aromatic carbocycles. The highest BCUT2D eigenvalue weighted by Crippen LogP contribution is 2.38. The van der Waals surface area contributed by atoms with Crippen molar-refractivity contribution in [1.29, 1.82) is 0 Å². The monoisotopic (exact) mass is 328 g/mol. The summed E-state index contributed by atoms with van der Waals surface area (Å²) in [7, 11) is 0. The van der Waals surface area contributed by atoms with Gasteiger partial charge >= 0.3 is 5.97 Å². The summed E-state index contributed by atoms with van der Waals surface area (Å²) >= 11 is 5.06. The first-order valence-corrected chi connectivity index (χ1v) is 7.93. The second-order valence-corrected chi connectivity index (χ2v) is 7.22. The van der Waals surface area contributed by atoms with Crippen LogP contribution in [0, 0.1) is 5.92 Å². The molecular weight excluding hydrogens is 312 g/mol. The van der Waals surface area contributed by atoms with Crippen molar-refractivity contribution in [2.45, 2.75) is 42.8 Å². The molecular formula is C14H17BrO2S. The molecule has 0 amide bonds. The zero-order valence-electron chi connectivity index (χ0n) is 10.4. The molecule has 2 unspecified atom stereocenters. The van der Waals surface area contributed by atoms with Gasteiger partial charge in [-0.3, -0.25) is 0 Å². The van der Waals surface area contributed by atoms with Crippen molar-refractivity contribution in [2.75, 3.05) is 0 Å². The van der Waals surface area contributed by atoms with Crippen LogP contribution in [0.2, 0.25) is 0 Å². The third-order valence-electron chi connectivity index (χ3n) is 3.35. The highest BCUT2D eigenvalue weighted by molar-refractivity contribution is 9.10. The number of aromatic carboxylic acids is 1. The Morgan fingerprint density at radius 2 is 2.22 bits per heavy atom. The van der Waals surface area contributed by atoms with Gasteiger partial charge in [0, 0.05) is 14.6 Å². The van der Waals surface area contributed by atoms with Crippen LogP contribution in [0.1, 0.15) is 43.0 Å². The number of carboxylic acid groups (broad SMARTS) is 1. The van der Waals surface area contributed by atoms with E-state index in [0.29, 0.717) is 10.8 Å². The van der Waals surface area contributed by atoms with Crippen LogP contribution in [-0.2, 0) is 0 Å². The first-order valence-electron chi connectivity index (χ1n) is 6.25. The average Bonchev–Trinajstić information content (AvgIpc) is 2.31. The normalized spacial score (nSPS) is 23.9. The fourth-order valence-corrected chi connectivity index (χ4v) is 4.29. The number of carbonyl (C=O) groups is 1. The third kappa shape index (κ3) is 3.51. The largest absolute Gasteiger partial charge is 0.478 e. The second kappa shape index (κ2) is 6.11. The van der Waals surface area contributed by atoms with Gasteiger partial charge in [0.1, 0.15) is 0 Å². The smallest absolute Gasteiger partial charge is 0.336 e. The predicted molar refractivity (Wildman–Crippen MR) is 78.4 cm³/mol. The Labute approximate surface area is 120 Å². The summed E-state index contributed by atoms with van der Waals surface area (Å²) in [6.07, 6.45) is 4.96. The van der Waals surface area contributed by atoms with Crippen LogP contribution in [-0.4, -0.2) is 16.3 Å². The fourth-order valence-electron chi connectivity index (χ4n) is 2.44. The molecule has 0 spiro atoms. The minimum Gasteiger partial charge on any atom is -0.478 e. The molecule has 0 radical (unpaired) electrons. The Bertz CT molecular complexity index is 447. The van der Waals surface area contributed by atoms with Crippen LogP contribution < -0.4 is 0 Å². The fraction of sp³-hybridized carbons (Fsp3) is 0.500. The van der Waals surface area contributed by atoms with E-state index < -0.39 is 5.97 Å². The molecule has 1 saturated carbocycles. The van der Waals surface area contributed by atoms with E-state index in [-0.39, 0.29) is 0 Å². The van der Waals surface area contributed by atoms with E-state index in [2.05, 4.69) is 22.9 Å². The number of hydrogen-bond donors (Lipinski definition) is 1. The molecule has 1 aromatic rings. The van der Waals surface area contributed by atoms with E-state index in [0.717, 1.165) is 15.3 Å². The summed E-state index contributed by atoms with van der Waals surface area (Å²) in [5.41, 5.74) is 0.410. The molecule has 0 saturated heterocycles. The van der Waals surface area contributed by atoms with E-state index in [9.17, 15) is 9.90 Å². The molecule has 18 heavy (non-hydrogen) atoms. The Hall–Kier alpha value is -0.480. The summed E-state index contributed by atoms with van der Waals surface area (Å²) in [6, 6.07) is 5.52. The summed E-state index contributed by atoms with van der Waals surface area (Å²) in [5, 5.41) is 9.80. The van der Waals surface area contributed by atoms with Crippen molar-refractivity contribution < 1.29 is 9.90 Å².